The van der Waals surface area contributed by atoms with E-state index >= 15 is 0 Å². The van der Waals surface area contributed by atoms with E-state index in [4.69, 9.17) is 4.74 Å². The number of allylic oxidation sites excluding steroid dienone is 3. The van der Waals surface area contributed by atoms with E-state index in [0.717, 1.165) is 18.2 Å². The summed E-state index contributed by atoms with van der Waals surface area (Å²) in [7, 11) is 0. The summed E-state index contributed by atoms with van der Waals surface area (Å²) < 4.78 is 5.64. The van der Waals surface area contributed by atoms with Crippen LogP contribution in [0.5, 0.6) is 0 Å². The van der Waals surface area contributed by atoms with Crippen LogP contribution in [0.2, 0.25) is 0 Å². The molecule has 0 atom stereocenters. The van der Waals surface area contributed by atoms with E-state index in [1.807, 2.05) is 18.2 Å². The average molecular weight is 323 g/mol. The Morgan fingerprint density at radius 3 is 2.53 bits per heavy atom. The second-order valence-electron chi connectivity index (χ2n) is 4.77. The van der Waals surface area contributed by atoms with E-state index in [1.54, 1.807) is 0 Å². The van der Waals surface area contributed by atoms with Crippen molar-refractivity contribution in [2.45, 2.75) is 33.3 Å². The Labute approximate surface area is 125 Å². The van der Waals surface area contributed by atoms with E-state index in [0.29, 0.717) is 13.2 Å². The second kappa shape index (κ2) is 9.99. The van der Waals surface area contributed by atoms with Crippen molar-refractivity contribution in [2.75, 3.05) is 11.9 Å². The van der Waals surface area contributed by atoms with Gasteiger partial charge in [-0.1, -0.05) is 69.6 Å². The molecule has 1 aromatic carbocycles. The first-order valence-corrected chi connectivity index (χ1v) is 7.83. The Kier molecular flexibility index (Phi) is 8.52. The minimum atomic E-state index is 0.688. The van der Waals surface area contributed by atoms with Gasteiger partial charge in [0, 0.05) is 5.33 Å². The van der Waals surface area contributed by atoms with Crippen LogP contribution >= 0.6 is 15.9 Å². The van der Waals surface area contributed by atoms with Crippen LogP contribution in [0.4, 0.5) is 0 Å². The van der Waals surface area contributed by atoms with Crippen molar-refractivity contribution in [3.8, 4) is 0 Å². The van der Waals surface area contributed by atoms with Gasteiger partial charge in [0.05, 0.1) is 13.2 Å². The maximum absolute atomic E-state index is 5.64. The van der Waals surface area contributed by atoms with Crippen molar-refractivity contribution < 1.29 is 4.74 Å². The maximum atomic E-state index is 5.64. The molecule has 0 spiro atoms. The standard InChI is InChI=1S/C17H23BrO/c1-15(7-6-8-16(2)13-18)11-12-19-14-17-9-4-3-5-10-17/h3-5,8-11H,6-7,12-14H2,1-2H3/b15-11-,16-8-. The summed E-state index contributed by atoms with van der Waals surface area (Å²) in [6.45, 7) is 5.70. The molecule has 1 nitrogen and oxygen atoms in total. The highest BCUT2D eigenvalue weighted by molar-refractivity contribution is 9.09. The maximum Gasteiger partial charge on any atom is 0.0721 e. The fourth-order valence-corrected chi connectivity index (χ4v) is 1.88. The van der Waals surface area contributed by atoms with Crippen LogP contribution in [0, 0.1) is 0 Å². The number of halogens is 1. The fraction of sp³-hybridized carbons (Fsp3) is 0.412. The molecular weight excluding hydrogens is 300 g/mol. The smallest absolute Gasteiger partial charge is 0.0721 e. The summed E-state index contributed by atoms with van der Waals surface area (Å²) in [5, 5.41) is 0.968. The Balaban J connectivity index is 2.18. The Bertz CT molecular complexity index is 407. The number of hydrogen-bond donors (Lipinski definition) is 0. The molecule has 0 saturated carbocycles. The molecular formula is C17H23BrO. The summed E-state index contributed by atoms with van der Waals surface area (Å²) in [6.07, 6.45) is 6.69. The van der Waals surface area contributed by atoms with Crippen LogP contribution in [0.25, 0.3) is 0 Å². The fourth-order valence-electron chi connectivity index (χ4n) is 1.66. The van der Waals surface area contributed by atoms with Crippen molar-refractivity contribution >= 4 is 15.9 Å². The lowest BCUT2D eigenvalue weighted by Gasteiger charge is -2.03. The molecule has 0 unspecified atom stereocenters. The third kappa shape index (κ3) is 8.02. The minimum absolute atomic E-state index is 0.688. The van der Waals surface area contributed by atoms with Crippen molar-refractivity contribution in [3.63, 3.8) is 0 Å². The van der Waals surface area contributed by atoms with Crippen molar-refractivity contribution in [2.24, 2.45) is 0 Å². The Morgan fingerprint density at radius 2 is 1.84 bits per heavy atom. The van der Waals surface area contributed by atoms with Gasteiger partial charge >= 0.3 is 0 Å². The topological polar surface area (TPSA) is 9.23 Å². The normalized spacial score (nSPS) is 12.8. The van der Waals surface area contributed by atoms with E-state index in [-0.39, 0.29) is 0 Å². The Hall–Kier alpha value is -0.860. The van der Waals surface area contributed by atoms with Gasteiger partial charge in [-0.2, -0.15) is 0 Å². The predicted molar refractivity (Wildman–Crippen MR) is 86.6 cm³/mol. The average Bonchev–Trinajstić information content (AvgIpc) is 2.44. The number of ether oxygens (including phenoxy) is 1. The van der Waals surface area contributed by atoms with Crippen molar-refractivity contribution in [1.82, 2.24) is 0 Å². The highest BCUT2D eigenvalue weighted by atomic mass is 79.9. The van der Waals surface area contributed by atoms with Crippen LogP contribution in [-0.4, -0.2) is 11.9 Å². The van der Waals surface area contributed by atoms with Gasteiger partial charge < -0.3 is 4.74 Å². The molecule has 0 aliphatic carbocycles. The molecule has 104 valence electrons. The van der Waals surface area contributed by atoms with Gasteiger partial charge in [-0.15, -0.1) is 0 Å². The highest BCUT2D eigenvalue weighted by Crippen LogP contribution is 2.08. The van der Waals surface area contributed by atoms with Gasteiger partial charge in [0.25, 0.3) is 0 Å². The van der Waals surface area contributed by atoms with Gasteiger partial charge in [-0.05, 0) is 32.3 Å². The molecule has 1 aromatic rings. The number of rotatable bonds is 8. The van der Waals surface area contributed by atoms with Crippen molar-refractivity contribution in [3.05, 3.63) is 59.2 Å². The molecule has 0 amide bonds. The zero-order chi connectivity index (χ0) is 13.9. The van der Waals surface area contributed by atoms with Gasteiger partial charge in [0.1, 0.15) is 0 Å². The third-order valence-electron chi connectivity index (χ3n) is 2.90. The monoisotopic (exact) mass is 322 g/mol. The quantitative estimate of drug-likeness (QED) is 0.360. The van der Waals surface area contributed by atoms with Crippen LogP contribution in [0.15, 0.2) is 53.6 Å². The van der Waals surface area contributed by atoms with Gasteiger partial charge in [0.15, 0.2) is 0 Å². The largest absolute Gasteiger partial charge is 0.373 e. The SMILES string of the molecule is C/C(=C/CC/C(C)=C\COCc1ccccc1)CBr. The molecule has 0 saturated heterocycles. The molecule has 0 aromatic heterocycles. The first kappa shape index (κ1) is 16.2. The summed E-state index contributed by atoms with van der Waals surface area (Å²) in [5.74, 6) is 0. The molecule has 0 fully saturated rings. The van der Waals surface area contributed by atoms with E-state index in [2.05, 4.69) is 54.1 Å². The molecule has 0 aliphatic rings. The van der Waals surface area contributed by atoms with E-state index in [1.165, 1.54) is 16.7 Å². The van der Waals surface area contributed by atoms with Gasteiger partial charge in [-0.25, -0.2) is 0 Å². The molecule has 0 bridgehead atoms. The number of alkyl halides is 1. The molecule has 0 heterocycles. The number of hydrogen-bond acceptors (Lipinski definition) is 1. The highest BCUT2D eigenvalue weighted by Gasteiger charge is 1.92. The zero-order valence-corrected chi connectivity index (χ0v) is 13.4. The van der Waals surface area contributed by atoms with Crippen LogP contribution in [-0.2, 0) is 11.3 Å². The Morgan fingerprint density at radius 1 is 1.11 bits per heavy atom. The first-order chi connectivity index (χ1) is 9.22. The molecule has 1 rings (SSSR count). The number of benzene rings is 1. The zero-order valence-electron chi connectivity index (χ0n) is 11.9. The second-order valence-corrected chi connectivity index (χ2v) is 5.33. The van der Waals surface area contributed by atoms with Crippen LogP contribution in [0.3, 0.4) is 0 Å². The third-order valence-corrected chi connectivity index (χ3v) is 3.79. The summed E-state index contributed by atoms with van der Waals surface area (Å²) >= 11 is 3.45. The summed E-state index contributed by atoms with van der Waals surface area (Å²) in [5.41, 5.74) is 4.02. The van der Waals surface area contributed by atoms with Gasteiger partial charge in [-0.3, -0.25) is 0 Å². The molecule has 19 heavy (non-hydrogen) atoms. The van der Waals surface area contributed by atoms with Crippen LogP contribution in [0.1, 0.15) is 32.3 Å². The van der Waals surface area contributed by atoms with Gasteiger partial charge in [0.2, 0.25) is 0 Å². The molecule has 2 heteroatoms. The lowest BCUT2D eigenvalue weighted by molar-refractivity contribution is 0.148. The lowest BCUT2D eigenvalue weighted by Crippen LogP contribution is -1.93. The van der Waals surface area contributed by atoms with Crippen LogP contribution < -0.4 is 0 Å². The van der Waals surface area contributed by atoms with E-state index < -0.39 is 0 Å². The predicted octanol–water partition coefficient (Wildman–Crippen LogP) is 5.27. The lowest BCUT2D eigenvalue weighted by atomic mass is 10.1. The molecule has 0 aliphatic heterocycles. The summed E-state index contributed by atoms with van der Waals surface area (Å²) in [6, 6.07) is 10.3. The van der Waals surface area contributed by atoms with E-state index in [9.17, 15) is 0 Å². The molecule has 0 radical (unpaired) electrons. The minimum Gasteiger partial charge on any atom is -0.373 e. The van der Waals surface area contributed by atoms with Crippen molar-refractivity contribution in [1.29, 1.82) is 0 Å². The molecule has 0 N–H and O–H groups in total. The first-order valence-electron chi connectivity index (χ1n) is 6.71. The summed E-state index contributed by atoms with van der Waals surface area (Å²) in [4.78, 5) is 0.